The standard InChI is InChI=1S/C19H16FN5OS2/c1-12-9-15(28-11-21)7-8-16(12)22-17(26)10-27-19-24-23-18(25(19)2)13-3-5-14(20)6-4-13/h3-9H,10H2,1-2H3,(H,22,26). The lowest BCUT2D eigenvalue weighted by atomic mass is 10.2. The van der Waals surface area contributed by atoms with Crippen molar-refractivity contribution in [3.63, 3.8) is 0 Å². The number of thiocyanates is 1. The third-order valence-corrected chi connectivity index (χ3v) is 5.51. The van der Waals surface area contributed by atoms with E-state index in [-0.39, 0.29) is 17.5 Å². The molecule has 9 heteroatoms. The number of thioether (sulfide) groups is 2. The largest absolute Gasteiger partial charge is 0.325 e. The maximum Gasteiger partial charge on any atom is 0.234 e. The number of nitriles is 1. The maximum atomic E-state index is 13.1. The number of aromatic nitrogens is 3. The monoisotopic (exact) mass is 413 g/mol. The molecule has 3 rings (SSSR count). The van der Waals surface area contributed by atoms with Gasteiger partial charge in [0.25, 0.3) is 0 Å². The van der Waals surface area contributed by atoms with Gasteiger partial charge in [0.2, 0.25) is 5.91 Å². The minimum absolute atomic E-state index is 0.167. The number of benzene rings is 2. The van der Waals surface area contributed by atoms with Gasteiger partial charge in [-0.15, -0.1) is 10.2 Å². The quantitative estimate of drug-likeness (QED) is 0.481. The molecule has 2 aromatic carbocycles. The summed E-state index contributed by atoms with van der Waals surface area (Å²) in [5, 5.41) is 22.4. The zero-order valence-corrected chi connectivity index (χ0v) is 16.8. The van der Waals surface area contributed by atoms with Gasteiger partial charge < -0.3 is 9.88 Å². The molecule has 1 heterocycles. The molecule has 0 saturated carbocycles. The summed E-state index contributed by atoms with van der Waals surface area (Å²) in [6.07, 6.45) is 0. The number of nitrogens with one attached hydrogen (secondary N) is 1. The number of carbonyl (C=O) groups excluding carboxylic acids is 1. The van der Waals surface area contributed by atoms with Crippen LogP contribution < -0.4 is 5.32 Å². The summed E-state index contributed by atoms with van der Waals surface area (Å²) in [6, 6.07) is 11.4. The van der Waals surface area contributed by atoms with Gasteiger partial charge in [-0.3, -0.25) is 4.79 Å². The minimum atomic E-state index is -0.313. The second-order valence-electron chi connectivity index (χ2n) is 5.88. The summed E-state index contributed by atoms with van der Waals surface area (Å²) >= 11 is 2.34. The highest BCUT2D eigenvalue weighted by atomic mass is 32.2. The molecule has 3 aromatic rings. The molecule has 6 nitrogen and oxygen atoms in total. The SMILES string of the molecule is Cc1cc(SC#N)ccc1NC(=O)CSc1nnc(-c2ccc(F)cc2)n1C. The Kier molecular flexibility index (Phi) is 6.34. The highest BCUT2D eigenvalue weighted by molar-refractivity contribution is 8.03. The molecule has 1 N–H and O–H groups in total. The van der Waals surface area contributed by atoms with Crippen molar-refractivity contribution >= 4 is 35.1 Å². The average molecular weight is 414 g/mol. The Balaban J connectivity index is 1.62. The second kappa shape index (κ2) is 8.91. The van der Waals surface area contributed by atoms with Crippen LogP contribution in [0.3, 0.4) is 0 Å². The van der Waals surface area contributed by atoms with Gasteiger partial charge in [-0.1, -0.05) is 11.8 Å². The van der Waals surface area contributed by atoms with E-state index in [1.807, 2.05) is 18.4 Å². The van der Waals surface area contributed by atoms with Crippen LogP contribution in [0.25, 0.3) is 11.4 Å². The van der Waals surface area contributed by atoms with Crippen LogP contribution in [0.5, 0.6) is 0 Å². The van der Waals surface area contributed by atoms with Crippen LogP contribution in [0.15, 0.2) is 52.5 Å². The topological polar surface area (TPSA) is 83.6 Å². The Labute approximate surface area is 170 Å². The number of halogens is 1. The Bertz CT molecular complexity index is 1040. The lowest BCUT2D eigenvalue weighted by Crippen LogP contribution is -2.15. The maximum absolute atomic E-state index is 13.1. The van der Waals surface area contributed by atoms with E-state index >= 15 is 0 Å². The van der Waals surface area contributed by atoms with Crippen LogP contribution in [0.1, 0.15) is 5.56 Å². The molecule has 0 unspecified atom stereocenters. The van der Waals surface area contributed by atoms with E-state index in [1.165, 1.54) is 23.9 Å². The summed E-state index contributed by atoms with van der Waals surface area (Å²) < 4.78 is 14.8. The van der Waals surface area contributed by atoms with Gasteiger partial charge in [0.1, 0.15) is 11.2 Å². The Hall–Kier alpha value is -2.83. The molecule has 1 amide bonds. The van der Waals surface area contributed by atoms with Crippen LogP contribution in [-0.4, -0.2) is 26.4 Å². The highest BCUT2D eigenvalue weighted by Crippen LogP contribution is 2.25. The molecule has 0 aliphatic rings. The summed E-state index contributed by atoms with van der Waals surface area (Å²) in [6.45, 7) is 1.88. The molecule has 0 aliphatic carbocycles. The molecule has 28 heavy (non-hydrogen) atoms. The van der Waals surface area contributed by atoms with Crippen molar-refractivity contribution in [3.05, 3.63) is 53.8 Å². The lowest BCUT2D eigenvalue weighted by Gasteiger charge is -2.09. The molecular formula is C19H16FN5OS2. The molecule has 0 radical (unpaired) electrons. The smallest absolute Gasteiger partial charge is 0.234 e. The van der Waals surface area contributed by atoms with Gasteiger partial charge in [0.05, 0.1) is 5.75 Å². The first-order valence-electron chi connectivity index (χ1n) is 8.22. The van der Waals surface area contributed by atoms with E-state index in [2.05, 4.69) is 15.5 Å². The third kappa shape index (κ3) is 4.71. The molecule has 0 spiro atoms. The van der Waals surface area contributed by atoms with Crippen LogP contribution in [0.2, 0.25) is 0 Å². The van der Waals surface area contributed by atoms with Crippen molar-refractivity contribution < 1.29 is 9.18 Å². The van der Waals surface area contributed by atoms with Gasteiger partial charge in [-0.25, -0.2) is 4.39 Å². The Morgan fingerprint density at radius 3 is 2.68 bits per heavy atom. The number of aryl methyl sites for hydroxylation is 1. The fourth-order valence-corrected chi connectivity index (χ4v) is 3.69. The highest BCUT2D eigenvalue weighted by Gasteiger charge is 2.13. The zero-order chi connectivity index (χ0) is 20.1. The number of anilines is 1. The van der Waals surface area contributed by atoms with E-state index < -0.39 is 0 Å². The number of amides is 1. The van der Waals surface area contributed by atoms with Crippen LogP contribution >= 0.6 is 23.5 Å². The molecular weight excluding hydrogens is 397 g/mol. The fraction of sp³-hybridized carbons (Fsp3) is 0.158. The number of hydrogen-bond acceptors (Lipinski definition) is 6. The molecule has 0 fully saturated rings. The first-order chi connectivity index (χ1) is 13.5. The Morgan fingerprint density at radius 1 is 1.25 bits per heavy atom. The number of rotatable bonds is 6. The van der Waals surface area contributed by atoms with Crippen molar-refractivity contribution in [3.8, 4) is 16.8 Å². The van der Waals surface area contributed by atoms with Crippen molar-refractivity contribution in [2.45, 2.75) is 17.0 Å². The average Bonchev–Trinajstić information content (AvgIpc) is 3.04. The number of nitrogens with zero attached hydrogens (tertiary/aromatic N) is 4. The normalized spacial score (nSPS) is 10.5. The summed E-state index contributed by atoms with van der Waals surface area (Å²) in [5.74, 6) is 0.292. The molecule has 1 aromatic heterocycles. The third-order valence-electron chi connectivity index (χ3n) is 3.91. The summed E-state index contributed by atoms with van der Waals surface area (Å²) in [7, 11) is 1.80. The van der Waals surface area contributed by atoms with E-state index in [9.17, 15) is 9.18 Å². The van der Waals surface area contributed by atoms with Crippen molar-refractivity contribution in [2.75, 3.05) is 11.1 Å². The van der Waals surface area contributed by atoms with Crippen LogP contribution in [0.4, 0.5) is 10.1 Å². The van der Waals surface area contributed by atoms with Crippen molar-refractivity contribution in [2.24, 2.45) is 7.05 Å². The number of hydrogen-bond donors (Lipinski definition) is 1. The van der Waals surface area contributed by atoms with E-state index in [0.717, 1.165) is 27.8 Å². The van der Waals surface area contributed by atoms with Gasteiger partial charge in [0, 0.05) is 23.2 Å². The minimum Gasteiger partial charge on any atom is -0.325 e. The van der Waals surface area contributed by atoms with E-state index in [4.69, 9.17) is 5.26 Å². The van der Waals surface area contributed by atoms with Gasteiger partial charge in [-0.05, 0) is 66.7 Å². The van der Waals surface area contributed by atoms with Gasteiger partial charge in [0.15, 0.2) is 11.0 Å². The van der Waals surface area contributed by atoms with E-state index in [0.29, 0.717) is 16.7 Å². The number of carbonyl (C=O) groups is 1. The Morgan fingerprint density at radius 2 is 2.00 bits per heavy atom. The predicted molar refractivity (Wildman–Crippen MR) is 108 cm³/mol. The molecule has 0 bridgehead atoms. The van der Waals surface area contributed by atoms with Gasteiger partial charge in [-0.2, -0.15) is 5.26 Å². The molecule has 0 aliphatic heterocycles. The molecule has 0 saturated heterocycles. The summed E-state index contributed by atoms with van der Waals surface area (Å²) in [5.41, 5.74) is 2.34. The zero-order valence-electron chi connectivity index (χ0n) is 15.1. The molecule has 142 valence electrons. The summed E-state index contributed by atoms with van der Waals surface area (Å²) in [4.78, 5) is 13.1. The molecule has 0 atom stereocenters. The van der Waals surface area contributed by atoms with Crippen LogP contribution in [0, 0.1) is 23.4 Å². The predicted octanol–water partition coefficient (Wildman–Crippen LogP) is 4.23. The first kappa shape index (κ1) is 19.9. The van der Waals surface area contributed by atoms with Crippen molar-refractivity contribution in [1.82, 2.24) is 14.8 Å². The van der Waals surface area contributed by atoms with E-state index in [1.54, 1.807) is 35.9 Å². The van der Waals surface area contributed by atoms with Gasteiger partial charge >= 0.3 is 0 Å². The van der Waals surface area contributed by atoms with Crippen molar-refractivity contribution in [1.29, 1.82) is 5.26 Å². The lowest BCUT2D eigenvalue weighted by molar-refractivity contribution is -0.113. The fourth-order valence-electron chi connectivity index (χ4n) is 2.50. The first-order valence-corrected chi connectivity index (χ1v) is 10.0. The second-order valence-corrected chi connectivity index (χ2v) is 7.68. The van der Waals surface area contributed by atoms with Crippen LogP contribution in [-0.2, 0) is 11.8 Å².